The van der Waals surface area contributed by atoms with Gasteiger partial charge in [-0.1, -0.05) is 45.3 Å². The van der Waals surface area contributed by atoms with Gasteiger partial charge >= 0.3 is 0 Å². The lowest BCUT2D eigenvalue weighted by Gasteiger charge is -2.30. The summed E-state index contributed by atoms with van der Waals surface area (Å²) in [6.45, 7) is 5.04. The summed E-state index contributed by atoms with van der Waals surface area (Å²) in [4.78, 5) is 0.382. The SMILES string of the molecule is CC(C)CN(CCC(N)=S)S(=O)(=O)C1CCCCC1. The molecule has 1 rings (SSSR count). The summed E-state index contributed by atoms with van der Waals surface area (Å²) in [5, 5.41) is -0.202. The summed E-state index contributed by atoms with van der Waals surface area (Å²) in [7, 11) is -3.20. The Labute approximate surface area is 122 Å². The average molecular weight is 306 g/mol. The number of nitrogens with two attached hydrogens (primary N) is 1. The third-order valence-electron chi connectivity index (χ3n) is 3.51. The van der Waals surface area contributed by atoms with Gasteiger partial charge in [-0.15, -0.1) is 0 Å². The Bertz CT molecular complexity index is 387. The maximum absolute atomic E-state index is 12.7. The lowest BCUT2D eigenvalue weighted by atomic mass is 10.0. The molecule has 4 nitrogen and oxygen atoms in total. The Morgan fingerprint density at radius 2 is 1.89 bits per heavy atom. The normalized spacial score (nSPS) is 18.1. The largest absolute Gasteiger partial charge is 0.393 e. The molecule has 0 atom stereocenters. The zero-order chi connectivity index (χ0) is 14.5. The summed E-state index contributed by atoms with van der Waals surface area (Å²) in [5.41, 5.74) is 5.50. The Kier molecular flexibility index (Phi) is 6.69. The molecular formula is C13H26N2O2S2. The van der Waals surface area contributed by atoms with Gasteiger partial charge in [0.2, 0.25) is 10.0 Å². The minimum Gasteiger partial charge on any atom is -0.393 e. The predicted octanol–water partition coefficient (Wildman–Crippen LogP) is 2.28. The molecule has 2 N–H and O–H groups in total. The molecule has 112 valence electrons. The lowest BCUT2D eigenvalue weighted by Crippen LogP contribution is -2.42. The second kappa shape index (κ2) is 7.55. The van der Waals surface area contributed by atoms with Crippen LogP contribution in [0.4, 0.5) is 0 Å². The molecule has 1 saturated carbocycles. The third-order valence-corrected chi connectivity index (χ3v) is 6.08. The van der Waals surface area contributed by atoms with Gasteiger partial charge in [0.15, 0.2) is 0 Å². The van der Waals surface area contributed by atoms with E-state index >= 15 is 0 Å². The molecule has 0 aromatic carbocycles. The van der Waals surface area contributed by atoms with E-state index in [0.29, 0.717) is 30.4 Å². The highest BCUT2D eigenvalue weighted by Gasteiger charge is 2.32. The van der Waals surface area contributed by atoms with Crippen molar-refractivity contribution in [3.63, 3.8) is 0 Å². The van der Waals surface area contributed by atoms with Crippen LogP contribution in [0.1, 0.15) is 52.4 Å². The second-order valence-corrected chi connectivity index (χ2v) is 8.51. The predicted molar refractivity (Wildman–Crippen MR) is 83.6 cm³/mol. The second-order valence-electron chi connectivity index (χ2n) is 5.77. The molecule has 0 saturated heterocycles. The van der Waals surface area contributed by atoms with Crippen LogP contribution in [0.2, 0.25) is 0 Å². The summed E-state index contributed by atoms with van der Waals surface area (Å²) in [6, 6.07) is 0. The summed E-state index contributed by atoms with van der Waals surface area (Å²) in [5.74, 6) is 0.310. The van der Waals surface area contributed by atoms with E-state index in [1.54, 1.807) is 4.31 Å². The molecule has 0 amide bonds. The fourth-order valence-electron chi connectivity index (χ4n) is 2.54. The van der Waals surface area contributed by atoms with Crippen molar-refractivity contribution in [3.05, 3.63) is 0 Å². The van der Waals surface area contributed by atoms with Crippen LogP contribution in [0.5, 0.6) is 0 Å². The van der Waals surface area contributed by atoms with E-state index in [2.05, 4.69) is 0 Å². The molecule has 0 unspecified atom stereocenters. The molecular weight excluding hydrogens is 280 g/mol. The van der Waals surface area contributed by atoms with Crippen molar-refractivity contribution >= 4 is 27.2 Å². The molecule has 0 aliphatic heterocycles. The molecule has 1 aliphatic carbocycles. The number of hydrogen-bond donors (Lipinski definition) is 1. The van der Waals surface area contributed by atoms with Gasteiger partial charge in [0.1, 0.15) is 0 Å². The molecule has 0 bridgehead atoms. The Balaban J connectivity index is 2.77. The van der Waals surface area contributed by atoms with Gasteiger partial charge in [0.05, 0.1) is 10.2 Å². The molecule has 0 aromatic heterocycles. The van der Waals surface area contributed by atoms with Crippen molar-refractivity contribution < 1.29 is 8.42 Å². The number of thiocarbonyl (C=S) groups is 1. The first-order chi connectivity index (χ1) is 8.84. The van der Waals surface area contributed by atoms with Gasteiger partial charge < -0.3 is 5.73 Å². The van der Waals surface area contributed by atoms with Crippen molar-refractivity contribution in [1.29, 1.82) is 0 Å². The van der Waals surface area contributed by atoms with E-state index in [1.807, 2.05) is 13.8 Å². The molecule has 0 heterocycles. The van der Waals surface area contributed by atoms with E-state index in [4.69, 9.17) is 18.0 Å². The van der Waals surface area contributed by atoms with E-state index in [9.17, 15) is 8.42 Å². The highest BCUT2D eigenvalue weighted by molar-refractivity contribution is 7.89. The Morgan fingerprint density at radius 3 is 2.37 bits per heavy atom. The number of nitrogens with zero attached hydrogens (tertiary/aromatic N) is 1. The van der Waals surface area contributed by atoms with Crippen LogP contribution in [0.15, 0.2) is 0 Å². The first-order valence-corrected chi connectivity index (χ1v) is 9.02. The summed E-state index contributed by atoms with van der Waals surface area (Å²) >= 11 is 4.86. The van der Waals surface area contributed by atoms with E-state index in [1.165, 1.54) is 0 Å². The third kappa shape index (κ3) is 5.36. The fraction of sp³-hybridized carbons (Fsp3) is 0.923. The molecule has 0 spiro atoms. The molecule has 1 fully saturated rings. The van der Waals surface area contributed by atoms with Crippen LogP contribution in [0.3, 0.4) is 0 Å². The fourth-order valence-corrected chi connectivity index (χ4v) is 4.83. The van der Waals surface area contributed by atoms with Crippen LogP contribution in [-0.2, 0) is 10.0 Å². The maximum atomic E-state index is 12.7. The van der Waals surface area contributed by atoms with Gasteiger partial charge in [0.25, 0.3) is 0 Å². The van der Waals surface area contributed by atoms with Crippen LogP contribution in [0, 0.1) is 5.92 Å². The molecule has 0 aromatic rings. The minimum absolute atomic E-state index is 0.202. The molecule has 1 aliphatic rings. The van der Waals surface area contributed by atoms with Gasteiger partial charge in [0, 0.05) is 19.5 Å². The number of sulfonamides is 1. The van der Waals surface area contributed by atoms with E-state index < -0.39 is 10.0 Å². The van der Waals surface area contributed by atoms with E-state index in [-0.39, 0.29) is 5.25 Å². The number of hydrogen-bond acceptors (Lipinski definition) is 3. The van der Waals surface area contributed by atoms with Gasteiger partial charge in [-0.3, -0.25) is 0 Å². The maximum Gasteiger partial charge on any atom is 0.217 e. The molecule has 0 radical (unpaired) electrons. The zero-order valence-electron chi connectivity index (χ0n) is 12.0. The first-order valence-electron chi connectivity index (χ1n) is 7.11. The quantitative estimate of drug-likeness (QED) is 0.733. The smallest absolute Gasteiger partial charge is 0.217 e. The summed E-state index contributed by atoms with van der Waals surface area (Å²) in [6.07, 6.45) is 5.26. The van der Waals surface area contributed by atoms with Crippen molar-refractivity contribution in [2.75, 3.05) is 13.1 Å². The van der Waals surface area contributed by atoms with Crippen LogP contribution in [-0.4, -0.2) is 36.1 Å². The standard InChI is InChI=1S/C13H26N2O2S2/c1-11(2)10-15(9-8-13(14)18)19(16,17)12-6-4-3-5-7-12/h11-12H,3-10H2,1-2H3,(H2,14,18). The van der Waals surface area contributed by atoms with Crippen LogP contribution in [0.25, 0.3) is 0 Å². The van der Waals surface area contributed by atoms with Gasteiger partial charge in [-0.2, -0.15) is 0 Å². The van der Waals surface area contributed by atoms with Crippen molar-refractivity contribution in [2.45, 2.75) is 57.6 Å². The average Bonchev–Trinajstić information content (AvgIpc) is 2.34. The summed E-state index contributed by atoms with van der Waals surface area (Å²) < 4.78 is 27.0. The topological polar surface area (TPSA) is 63.4 Å². The molecule has 6 heteroatoms. The van der Waals surface area contributed by atoms with Gasteiger partial charge in [-0.05, 0) is 18.8 Å². The first kappa shape index (κ1) is 16.9. The minimum atomic E-state index is -3.20. The monoisotopic (exact) mass is 306 g/mol. The lowest BCUT2D eigenvalue weighted by molar-refractivity contribution is 0.359. The van der Waals surface area contributed by atoms with Crippen molar-refractivity contribution in [1.82, 2.24) is 4.31 Å². The highest BCUT2D eigenvalue weighted by atomic mass is 32.2. The highest BCUT2D eigenvalue weighted by Crippen LogP contribution is 2.26. The van der Waals surface area contributed by atoms with Crippen molar-refractivity contribution in [2.24, 2.45) is 11.7 Å². The van der Waals surface area contributed by atoms with Crippen LogP contribution < -0.4 is 5.73 Å². The Morgan fingerprint density at radius 1 is 1.32 bits per heavy atom. The Hall–Kier alpha value is -0.200. The number of rotatable bonds is 7. The molecule has 19 heavy (non-hydrogen) atoms. The van der Waals surface area contributed by atoms with Gasteiger partial charge in [-0.25, -0.2) is 12.7 Å². The van der Waals surface area contributed by atoms with Crippen LogP contribution >= 0.6 is 12.2 Å². The van der Waals surface area contributed by atoms with E-state index in [0.717, 1.165) is 32.1 Å². The van der Waals surface area contributed by atoms with Crippen molar-refractivity contribution in [3.8, 4) is 0 Å². The zero-order valence-corrected chi connectivity index (χ0v) is 13.6.